The second-order valence-electron chi connectivity index (χ2n) is 9.11. The number of nitrogens with two attached hydrogens (primary N) is 1. The molecule has 4 amide bonds. The fraction of sp³-hybridized carbons (Fsp3) is 0.417. The maximum atomic E-state index is 13.6. The Hall–Kier alpha value is -3.22. The van der Waals surface area contributed by atoms with Crippen LogP contribution in [0.3, 0.4) is 0 Å². The number of nitrogens with zero attached hydrogens (tertiary/aromatic N) is 3. The van der Waals surface area contributed by atoms with Gasteiger partial charge in [-0.25, -0.2) is 8.42 Å². The standard InChI is InChI=1S/C24H28ClN5O6S/c1-15(23(33)28-9-7-22(32)27-8-11-28)29-10-6-20(24(29)34)30(14-21(26)31)37(35,36)19-5-3-16-12-18(25)4-2-17(16)13-19/h2-5,12-13,15,20H,6-11,14H2,1H3,(H2,26,31)(H,27,32)/t15-,20+/m0/s1. The van der Waals surface area contributed by atoms with E-state index in [2.05, 4.69) is 5.32 Å². The summed E-state index contributed by atoms with van der Waals surface area (Å²) < 4.78 is 28.1. The fourth-order valence-corrected chi connectivity index (χ4v) is 6.52. The van der Waals surface area contributed by atoms with E-state index in [0.717, 1.165) is 9.69 Å². The molecule has 2 saturated heterocycles. The third kappa shape index (κ3) is 5.55. The average molecular weight is 550 g/mol. The van der Waals surface area contributed by atoms with Gasteiger partial charge >= 0.3 is 0 Å². The second-order valence-corrected chi connectivity index (χ2v) is 11.4. The van der Waals surface area contributed by atoms with E-state index in [1.165, 1.54) is 21.9 Å². The molecule has 0 saturated carbocycles. The van der Waals surface area contributed by atoms with Crippen LogP contribution in [0.1, 0.15) is 19.8 Å². The molecule has 2 heterocycles. The van der Waals surface area contributed by atoms with E-state index in [0.29, 0.717) is 23.5 Å². The molecule has 0 unspecified atom stereocenters. The lowest BCUT2D eigenvalue weighted by atomic mass is 10.1. The van der Waals surface area contributed by atoms with E-state index in [1.807, 2.05) is 0 Å². The van der Waals surface area contributed by atoms with Crippen LogP contribution in [0.2, 0.25) is 5.02 Å². The van der Waals surface area contributed by atoms with Crippen molar-refractivity contribution < 1.29 is 27.6 Å². The largest absolute Gasteiger partial charge is 0.369 e. The number of hydrogen-bond acceptors (Lipinski definition) is 6. The Kier molecular flexibility index (Phi) is 7.72. The molecule has 4 rings (SSSR count). The van der Waals surface area contributed by atoms with Gasteiger partial charge in [-0.15, -0.1) is 0 Å². The first-order valence-electron chi connectivity index (χ1n) is 11.8. The highest BCUT2D eigenvalue weighted by molar-refractivity contribution is 7.89. The Morgan fingerprint density at radius 2 is 1.84 bits per heavy atom. The monoisotopic (exact) mass is 549 g/mol. The van der Waals surface area contributed by atoms with Crippen LogP contribution in [0.4, 0.5) is 0 Å². The van der Waals surface area contributed by atoms with E-state index < -0.39 is 40.5 Å². The molecule has 0 radical (unpaired) electrons. The Labute approximate surface area is 219 Å². The van der Waals surface area contributed by atoms with Crippen LogP contribution in [0.5, 0.6) is 0 Å². The fourth-order valence-electron chi connectivity index (χ4n) is 4.73. The number of sulfonamides is 1. The van der Waals surface area contributed by atoms with E-state index in [4.69, 9.17) is 17.3 Å². The van der Waals surface area contributed by atoms with Crippen molar-refractivity contribution >= 4 is 56.0 Å². The van der Waals surface area contributed by atoms with E-state index in [-0.39, 0.29) is 42.6 Å². The van der Waals surface area contributed by atoms with Crippen molar-refractivity contribution in [3.05, 3.63) is 41.4 Å². The molecule has 2 aliphatic heterocycles. The van der Waals surface area contributed by atoms with Crippen molar-refractivity contribution in [3.63, 3.8) is 0 Å². The van der Waals surface area contributed by atoms with Crippen molar-refractivity contribution in [2.75, 3.05) is 32.7 Å². The summed E-state index contributed by atoms with van der Waals surface area (Å²) in [6, 6.07) is 7.39. The molecule has 2 atom stereocenters. The Balaban J connectivity index is 1.58. The summed E-state index contributed by atoms with van der Waals surface area (Å²) in [6.45, 7) is 1.88. The third-order valence-electron chi connectivity index (χ3n) is 6.70. The summed E-state index contributed by atoms with van der Waals surface area (Å²) in [5.41, 5.74) is 5.38. The normalized spacial score (nSPS) is 19.7. The van der Waals surface area contributed by atoms with Crippen molar-refractivity contribution in [2.45, 2.75) is 36.7 Å². The number of fused-ring (bicyclic) bond motifs is 1. The molecular weight excluding hydrogens is 522 g/mol. The maximum Gasteiger partial charge on any atom is 0.245 e. The first-order chi connectivity index (χ1) is 17.5. The molecule has 0 spiro atoms. The zero-order chi connectivity index (χ0) is 26.9. The summed E-state index contributed by atoms with van der Waals surface area (Å²) in [4.78, 5) is 52.7. The smallest absolute Gasteiger partial charge is 0.245 e. The van der Waals surface area contributed by atoms with Gasteiger partial charge in [0.15, 0.2) is 0 Å². The summed E-state index contributed by atoms with van der Waals surface area (Å²) in [6.07, 6.45) is 0.254. The van der Waals surface area contributed by atoms with Crippen LogP contribution < -0.4 is 11.1 Å². The number of amides is 4. The molecule has 3 N–H and O–H groups in total. The first-order valence-corrected chi connectivity index (χ1v) is 13.7. The Morgan fingerprint density at radius 1 is 1.14 bits per heavy atom. The lowest BCUT2D eigenvalue weighted by molar-refractivity contribution is -0.144. The quantitative estimate of drug-likeness (QED) is 0.507. The van der Waals surface area contributed by atoms with Gasteiger partial charge in [0, 0.05) is 37.6 Å². The number of benzene rings is 2. The molecule has 13 heteroatoms. The minimum atomic E-state index is -4.30. The molecule has 37 heavy (non-hydrogen) atoms. The van der Waals surface area contributed by atoms with Crippen molar-refractivity contribution in [1.29, 1.82) is 0 Å². The van der Waals surface area contributed by atoms with E-state index in [9.17, 15) is 27.6 Å². The number of likely N-dealkylation sites (tertiary alicyclic amines) is 1. The van der Waals surface area contributed by atoms with Gasteiger partial charge in [-0.05, 0) is 48.4 Å². The molecular formula is C24H28ClN5O6S. The van der Waals surface area contributed by atoms with Crippen LogP contribution in [0.25, 0.3) is 10.8 Å². The van der Waals surface area contributed by atoms with Crippen molar-refractivity contribution in [3.8, 4) is 0 Å². The van der Waals surface area contributed by atoms with Crippen LogP contribution in [-0.2, 0) is 29.2 Å². The van der Waals surface area contributed by atoms with Crippen LogP contribution >= 0.6 is 11.6 Å². The summed E-state index contributed by atoms with van der Waals surface area (Å²) in [5, 5.41) is 4.55. The second kappa shape index (κ2) is 10.6. The molecule has 2 fully saturated rings. The molecule has 2 aliphatic rings. The minimum absolute atomic E-state index is 0.0895. The van der Waals surface area contributed by atoms with Gasteiger partial charge in [0.05, 0.1) is 11.4 Å². The molecule has 2 aromatic carbocycles. The maximum absolute atomic E-state index is 13.6. The van der Waals surface area contributed by atoms with Gasteiger partial charge in [-0.2, -0.15) is 4.31 Å². The summed E-state index contributed by atoms with van der Waals surface area (Å²) in [7, 11) is -4.30. The molecule has 0 aromatic heterocycles. The van der Waals surface area contributed by atoms with Gasteiger partial charge in [0.25, 0.3) is 0 Å². The topological polar surface area (TPSA) is 150 Å². The number of nitrogens with one attached hydrogen (secondary N) is 1. The number of hydrogen-bond donors (Lipinski definition) is 2. The average Bonchev–Trinajstić information content (AvgIpc) is 3.09. The van der Waals surface area contributed by atoms with E-state index in [1.54, 1.807) is 31.2 Å². The SMILES string of the molecule is C[C@@H](C(=O)N1CCNC(=O)CC1)N1CC[C@@H](N(CC(N)=O)S(=O)(=O)c2ccc3cc(Cl)ccc3c2)C1=O. The molecule has 0 aliphatic carbocycles. The van der Waals surface area contributed by atoms with Gasteiger partial charge < -0.3 is 20.9 Å². The first kappa shape index (κ1) is 26.8. The summed E-state index contributed by atoms with van der Waals surface area (Å²) >= 11 is 6.02. The van der Waals surface area contributed by atoms with Gasteiger partial charge in [-0.3, -0.25) is 19.2 Å². The predicted octanol–water partition coefficient (Wildman–Crippen LogP) is 0.307. The Morgan fingerprint density at radius 3 is 2.57 bits per heavy atom. The molecule has 11 nitrogen and oxygen atoms in total. The highest BCUT2D eigenvalue weighted by Crippen LogP contribution is 2.29. The zero-order valence-electron chi connectivity index (χ0n) is 20.2. The Bertz CT molecular complexity index is 1370. The van der Waals surface area contributed by atoms with Crippen molar-refractivity contribution in [2.24, 2.45) is 5.73 Å². The highest BCUT2D eigenvalue weighted by atomic mass is 35.5. The third-order valence-corrected chi connectivity index (χ3v) is 8.79. The van der Waals surface area contributed by atoms with Crippen LogP contribution in [-0.4, -0.2) is 91.0 Å². The number of rotatable bonds is 7. The number of primary amides is 1. The van der Waals surface area contributed by atoms with E-state index >= 15 is 0 Å². The van der Waals surface area contributed by atoms with Gasteiger partial charge in [0.1, 0.15) is 12.1 Å². The van der Waals surface area contributed by atoms with Crippen LogP contribution in [0, 0.1) is 0 Å². The minimum Gasteiger partial charge on any atom is -0.369 e. The number of halogens is 1. The summed E-state index contributed by atoms with van der Waals surface area (Å²) in [5.74, 6) is -1.97. The molecule has 0 bridgehead atoms. The molecule has 198 valence electrons. The predicted molar refractivity (Wildman–Crippen MR) is 136 cm³/mol. The van der Waals surface area contributed by atoms with Crippen LogP contribution in [0.15, 0.2) is 41.3 Å². The lowest BCUT2D eigenvalue weighted by Gasteiger charge is -2.31. The number of carbonyl (C=O) groups excluding carboxylic acids is 4. The number of carbonyl (C=O) groups is 4. The molecule has 2 aromatic rings. The van der Waals surface area contributed by atoms with Gasteiger partial charge in [0.2, 0.25) is 33.7 Å². The van der Waals surface area contributed by atoms with Crippen molar-refractivity contribution in [1.82, 2.24) is 19.4 Å². The lowest BCUT2D eigenvalue weighted by Crippen LogP contribution is -2.52. The van der Waals surface area contributed by atoms with Gasteiger partial charge in [-0.1, -0.05) is 23.7 Å². The zero-order valence-corrected chi connectivity index (χ0v) is 21.8. The highest BCUT2D eigenvalue weighted by Gasteiger charge is 2.45.